The molecule has 166 valence electrons. The van der Waals surface area contributed by atoms with Gasteiger partial charge in [0.2, 0.25) is 5.91 Å². The predicted octanol–water partition coefficient (Wildman–Crippen LogP) is 2.61. The number of nitrogens with one attached hydrogen (secondary N) is 2. The molecule has 1 atom stereocenters. The summed E-state index contributed by atoms with van der Waals surface area (Å²) in [6.45, 7) is 1.10. The number of H-pyrrole nitrogens is 1. The van der Waals surface area contributed by atoms with E-state index >= 15 is 0 Å². The van der Waals surface area contributed by atoms with Crippen molar-refractivity contribution in [2.24, 2.45) is 5.92 Å². The van der Waals surface area contributed by atoms with E-state index in [2.05, 4.69) is 15.3 Å². The number of pyridine rings is 1. The number of hydrogen-bond acceptors (Lipinski definition) is 5. The molecular weight excluding hydrogens is 420 g/mol. The molecule has 2 amide bonds. The molecule has 8 heteroatoms. The van der Waals surface area contributed by atoms with Crippen LogP contribution in [0.1, 0.15) is 15.9 Å². The van der Waals surface area contributed by atoms with Crippen molar-refractivity contribution in [3.8, 4) is 11.1 Å². The summed E-state index contributed by atoms with van der Waals surface area (Å²) in [6, 6.07) is 16.7. The highest BCUT2D eigenvalue weighted by molar-refractivity contribution is 5.97. The number of nitrogens with zero attached hydrogens (tertiary/aromatic N) is 2. The molecule has 0 saturated carbocycles. The third-order valence-corrected chi connectivity index (χ3v) is 5.92. The van der Waals surface area contributed by atoms with Crippen LogP contribution in [0.2, 0.25) is 0 Å². The maximum Gasteiger partial charge on any atom is 0.417 e. The summed E-state index contributed by atoms with van der Waals surface area (Å²) in [6.07, 6.45) is 3.99. The van der Waals surface area contributed by atoms with Crippen LogP contribution in [0.25, 0.3) is 22.2 Å². The molecule has 1 aliphatic heterocycles. The number of amides is 2. The molecule has 2 N–H and O–H groups in total. The first-order valence-corrected chi connectivity index (χ1v) is 10.8. The van der Waals surface area contributed by atoms with Crippen LogP contribution < -0.4 is 11.1 Å². The zero-order valence-corrected chi connectivity index (χ0v) is 17.8. The summed E-state index contributed by atoms with van der Waals surface area (Å²) in [4.78, 5) is 45.9. The number of benzene rings is 2. The summed E-state index contributed by atoms with van der Waals surface area (Å²) >= 11 is 0. The third-order valence-electron chi connectivity index (χ3n) is 5.92. The Morgan fingerprint density at radius 2 is 1.91 bits per heavy atom. The fourth-order valence-electron chi connectivity index (χ4n) is 4.28. The molecule has 3 heterocycles. The third kappa shape index (κ3) is 4.27. The Hall–Kier alpha value is -4.20. The first-order chi connectivity index (χ1) is 16.1. The average molecular weight is 442 g/mol. The van der Waals surface area contributed by atoms with Gasteiger partial charge in [-0.05, 0) is 53.4 Å². The molecule has 0 aliphatic carbocycles. The van der Waals surface area contributed by atoms with Crippen molar-refractivity contribution in [1.29, 1.82) is 0 Å². The fourth-order valence-corrected chi connectivity index (χ4v) is 4.28. The molecule has 8 nitrogen and oxygen atoms in total. The lowest BCUT2D eigenvalue weighted by Gasteiger charge is -2.24. The van der Waals surface area contributed by atoms with Gasteiger partial charge < -0.3 is 14.6 Å². The lowest BCUT2D eigenvalue weighted by Crippen LogP contribution is -2.37. The topological polar surface area (TPSA) is 108 Å². The van der Waals surface area contributed by atoms with E-state index in [4.69, 9.17) is 4.42 Å². The SMILES string of the molecule is O=C1NCCN(C(=O)c2ccc3oc(=O)[nH]c3c2)C[C@H]1Cc1ccccc1-c1ccncc1. The molecule has 4 aromatic rings. The molecule has 33 heavy (non-hydrogen) atoms. The van der Waals surface area contributed by atoms with E-state index in [9.17, 15) is 14.4 Å². The van der Waals surface area contributed by atoms with Gasteiger partial charge in [0, 0.05) is 37.6 Å². The zero-order chi connectivity index (χ0) is 22.8. The summed E-state index contributed by atoms with van der Waals surface area (Å²) in [5.41, 5.74) is 4.42. The monoisotopic (exact) mass is 442 g/mol. The molecule has 2 aromatic carbocycles. The van der Waals surface area contributed by atoms with Gasteiger partial charge in [-0.2, -0.15) is 0 Å². The van der Waals surface area contributed by atoms with Crippen LogP contribution in [0.3, 0.4) is 0 Å². The summed E-state index contributed by atoms with van der Waals surface area (Å²) in [5, 5.41) is 2.94. The number of carbonyl (C=O) groups is 2. The average Bonchev–Trinajstić information content (AvgIpc) is 3.12. The van der Waals surface area contributed by atoms with Crippen LogP contribution in [0.15, 0.2) is 76.2 Å². The van der Waals surface area contributed by atoms with Crippen LogP contribution in [0.4, 0.5) is 0 Å². The Balaban J connectivity index is 1.40. The van der Waals surface area contributed by atoms with E-state index in [0.29, 0.717) is 42.7 Å². The van der Waals surface area contributed by atoms with Crippen molar-refractivity contribution in [3.63, 3.8) is 0 Å². The first-order valence-electron chi connectivity index (χ1n) is 10.8. The maximum absolute atomic E-state index is 13.3. The molecule has 5 rings (SSSR count). The van der Waals surface area contributed by atoms with E-state index in [1.165, 1.54) is 0 Å². The Morgan fingerprint density at radius 1 is 1.09 bits per heavy atom. The smallest absolute Gasteiger partial charge is 0.408 e. The molecular formula is C25H22N4O4. The van der Waals surface area contributed by atoms with Gasteiger partial charge in [0.1, 0.15) is 0 Å². The van der Waals surface area contributed by atoms with Crippen molar-refractivity contribution in [3.05, 3.63) is 88.7 Å². The second-order valence-electron chi connectivity index (χ2n) is 8.06. The van der Waals surface area contributed by atoms with E-state index in [1.54, 1.807) is 35.5 Å². The molecule has 2 aromatic heterocycles. The Bertz CT molecular complexity index is 1380. The lowest BCUT2D eigenvalue weighted by molar-refractivity contribution is -0.124. The highest BCUT2D eigenvalue weighted by atomic mass is 16.4. The van der Waals surface area contributed by atoms with Gasteiger partial charge in [-0.25, -0.2) is 4.79 Å². The normalized spacial score (nSPS) is 16.4. The molecule has 0 bridgehead atoms. The van der Waals surface area contributed by atoms with Crippen molar-refractivity contribution in [2.45, 2.75) is 6.42 Å². The fraction of sp³-hybridized carbons (Fsp3) is 0.200. The van der Waals surface area contributed by atoms with Crippen LogP contribution in [-0.4, -0.2) is 46.3 Å². The minimum Gasteiger partial charge on any atom is -0.408 e. The summed E-state index contributed by atoms with van der Waals surface area (Å²) in [5.74, 6) is -1.21. The van der Waals surface area contributed by atoms with E-state index < -0.39 is 11.7 Å². The highest BCUT2D eigenvalue weighted by Gasteiger charge is 2.29. The van der Waals surface area contributed by atoms with Crippen LogP contribution >= 0.6 is 0 Å². The van der Waals surface area contributed by atoms with Gasteiger partial charge in [-0.3, -0.25) is 19.6 Å². The minimum absolute atomic E-state index is 0.0653. The van der Waals surface area contributed by atoms with E-state index in [-0.39, 0.29) is 11.8 Å². The van der Waals surface area contributed by atoms with Gasteiger partial charge in [0.05, 0.1) is 11.4 Å². The van der Waals surface area contributed by atoms with Gasteiger partial charge in [-0.1, -0.05) is 24.3 Å². The van der Waals surface area contributed by atoms with Crippen molar-refractivity contribution < 1.29 is 14.0 Å². The number of aromatic nitrogens is 2. The second-order valence-corrected chi connectivity index (χ2v) is 8.06. The first kappa shape index (κ1) is 20.7. The Morgan fingerprint density at radius 3 is 2.76 bits per heavy atom. The maximum atomic E-state index is 13.3. The largest absolute Gasteiger partial charge is 0.417 e. The van der Waals surface area contributed by atoms with Gasteiger partial charge in [0.15, 0.2) is 5.58 Å². The standard InChI is InChI=1S/C25H22N4O4/c30-23-19(13-17-3-1-2-4-20(17)16-7-9-26-10-8-16)15-29(12-11-27-23)24(31)18-5-6-22-21(14-18)28-25(32)33-22/h1-10,14,19H,11-13,15H2,(H,27,30)(H,28,32)/t19-/m1/s1. The lowest BCUT2D eigenvalue weighted by atomic mass is 9.91. The minimum atomic E-state index is -0.563. The van der Waals surface area contributed by atoms with Crippen molar-refractivity contribution >= 4 is 22.9 Å². The van der Waals surface area contributed by atoms with Crippen molar-refractivity contribution in [2.75, 3.05) is 19.6 Å². The molecule has 1 fully saturated rings. The molecule has 1 saturated heterocycles. The van der Waals surface area contributed by atoms with Gasteiger partial charge in [0.25, 0.3) is 5.91 Å². The zero-order valence-electron chi connectivity index (χ0n) is 17.8. The quantitative estimate of drug-likeness (QED) is 0.505. The molecule has 0 unspecified atom stereocenters. The summed E-state index contributed by atoms with van der Waals surface area (Å²) < 4.78 is 5.02. The molecule has 0 radical (unpaired) electrons. The van der Waals surface area contributed by atoms with Crippen LogP contribution in [0, 0.1) is 5.92 Å². The molecule has 0 spiro atoms. The number of aromatic amines is 1. The number of hydrogen-bond donors (Lipinski definition) is 2. The second kappa shape index (κ2) is 8.74. The number of oxazole rings is 1. The number of rotatable bonds is 4. The van der Waals surface area contributed by atoms with E-state index in [0.717, 1.165) is 16.7 Å². The number of fused-ring (bicyclic) bond motifs is 1. The summed E-state index contributed by atoms with van der Waals surface area (Å²) in [7, 11) is 0. The van der Waals surface area contributed by atoms with Crippen molar-refractivity contribution in [1.82, 2.24) is 20.2 Å². The van der Waals surface area contributed by atoms with Gasteiger partial charge in [-0.15, -0.1) is 0 Å². The predicted molar refractivity (Wildman–Crippen MR) is 123 cm³/mol. The van der Waals surface area contributed by atoms with Gasteiger partial charge >= 0.3 is 5.76 Å². The number of carbonyl (C=O) groups excluding carboxylic acids is 2. The highest BCUT2D eigenvalue weighted by Crippen LogP contribution is 2.26. The van der Waals surface area contributed by atoms with Crippen LogP contribution in [0.5, 0.6) is 0 Å². The molecule has 1 aliphatic rings. The van der Waals surface area contributed by atoms with Crippen LogP contribution in [-0.2, 0) is 11.2 Å². The Kier molecular flexibility index (Phi) is 5.48. The Labute approximate surface area is 189 Å². The van der Waals surface area contributed by atoms with E-state index in [1.807, 2.05) is 36.4 Å².